The standard InChI is InChI=1S/C25H33ClN2O3S/c1-5-18(3)27-25(30)23(6-2)28(15-20-8-7-9-22(14-20)31-4)24(29)17-32-16-19-10-12-21(26)13-11-19/h7-14,18,23H,5-6,15-17H2,1-4H3,(H,27,30)/t18-,23+/m1/s1. The van der Waals surface area contributed by atoms with Gasteiger partial charge in [0.1, 0.15) is 11.8 Å². The van der Waals surface area contributed by atoms with E-state index in [0.717, 1.165) is 23.3 Å². The molecule has 5 nitrogen and oxygen atoms in total. The second-order valence-electron chi connectivity index (χ2n) is 7.73. The number of nitrogens with zero attached hydrogens (tertiary/aromatic N) is 1. The molecule has 1 N–H and O–H groups in total. The molecule has 0 saturated carbocycles. The van der Waals surface area contributed by atoms with Gasteiger partial charge in [0.05, 0.1) is 12.9 Å². The molecule has 2 atom stereocenters. The van der Waals surface area contributed by atoms with Crippen molar-refractivity contribution in [1.82, 2.24) is 10.2 Å². The van der Waals surface area contributed by atoms with Crippen LogP contribution in [0.1, 0.15) is 44.7 Å². The number of nitrogens with one attached hydrogen (secondary N) is 1. The van der Waals surface area contributed by atoms with Crippen LogP contribution in [0.15, 0.2) is 48.5 Å². The van der Waals surface area contributed by atoms with E-state index in [0.29, 0.717) is 29.5 Å². The Bertz CT molecular complexity index is 876. The maximum absolute atomic E-state index is 13.3. The van der Waals surface area contributed by atoms with Gasteiger partial charge in [-0.1, -0.05) is 49.7 Å². The summed E-state index contributed by atoms with van der Waals surface area (Å²) in [7, 11) is 1.61. The maximum atomic E-state index is 13.3. The van der Waals surface area contributed by atoms with Crippen molar-refractivity contribution in [3.05, 3.63) is 64.7 Å². The molecular formula is C25H33ClN2O3S. The number of benzene rings is 2. The minimum Gasteiger partial charge on any atom is -0.497 e. The highest BCUT2D eigenvalue weighted by molar-refractivity contribution is 7.99. The van der Waals surface area contributed by atoms with Crippen LogP contribution in [0.25, 0.3) is 0 Å². The molecule has 0 aromatic heterocycles. The first-order valence-corrected chi connectivity index (χ1v) is 12.5. The molecule has 2 aromatic carbocycles. The van der Waals surface area contributed by atoms with Crippen molar-refractivity contribution in [3.8, 4) is 5.75 Å². The minimum absolute atomic E-state index is 0.0575. The fraction of sp³-hybridized carbons (Fsp3) is 0.440. The van der Waals surface area contributed by atoms with Crippen LogP contribution in [0.2, 0.25) is 5.02 Å². The van der Waals surface area contributed by atoms with Crippen molar-refractivity contribution in [2.45, 2.75) is 58.0 Å². The van der Waals surface area contributed by atoms with Gasteiger partial charge in [0.25, 0.3) is 0 Å². The summed E-state index contributed by atoms with van der Waals surface area (Å²) in [6.07, 6.45) is 1.38. The molecule has 32 heavy (non-hydrogen) atoms. The molecule has 0 unspecified atom stereocenters. The van der Waals surface area contributed by atoms with Gasteiger partial charge in [-0.05, 0) is 55.2 Å². The van der Waals surface area contributed by atoms with Crippen LogP contribution in [-0.4, -0.2) is 41.7 Å². The number of amides is 2. The summed E-state index contributed by atoms with van der Waals surface area (Å²) >= 11 is 7.48. The summed E-state index contributed by atoms with van der Waals surface area (Å²) in [6, 6.07) is 14.8. The number of rotatable bonds is 12. The van der Waals surface area contributed by atoms with E-state index in [-0.39, 0.29) is 17.9 Å². The summed E-state index contributed by atoms with van der Waals surface area (Å²) in [6.45, 7) is 6.29. The largest absolute Gasteiger partial charge is 0.497 e. The normalized spacial score (nSPS) is 12.7. The predicted octanol–water partition coefficient (Wildman–Crippen LogP) is 5.30. The van der Waals surface area contributed by atoms with Gasteiger partial charge >= 0.3 is 0 Å². The third kappa shape index (κ3) is 8.06. The third-order valence-electron chi connectivity index (χ3n) is 5.28. The van der Waals surface area contributed by atoms with E-state index >= 15 is 0 Å². The Kier molecular flexibility index (Phi) is 10.9. The number of carbonyl (C=O) groups is 2. The lowest BCUT2D eigenvalue weighted by molar-refractivity contribution is -0.139. The fourth-order valence-corrected chi connectivity index (χ4v) is 4.24. The molecular weight excluding hydrogens is 444 g/mol. The molecule has 174 valence electrons. The molecule has 2 amide bonds. The van der Waals surface area contributed by atoms with E-state index < -0.39 is 6.04 Å². The number of thioether (sulfide) groups is 1. The number of carbonyl (C=O) groups excluding carboxylic acids is 2. The monoisotopic (exact) mass is 476 g/mol. The van der Waals surface area contributed by atoms with Crippen LogP contribution in [0, 0.1) is 0 Å². The average Bonchev–Trinajstić information content (AvgIpc) is 2.80. The van der Waals surface area contributed by atoms with E-state index in [1.54, 1.807) is 12.0 Å². The van der Waals surface area contributed by atoms with Gasteiger partial charge < -0.3 is 15.0 Å². The Hall–Kier alpha value is -2.18. The van der Waals surface area contributed by atoms with E-state index in [1.165, 1.54) is 11.8 Å². The SMILES string of the molecule is CC[C@@H](C)NC(=O)[C@H](CC)N(Cc1cccc(OC)c1)C(=O)CSCc1ccc(Cl)cc1. The average molecular weight is 477 g/mol. The third-order valence-corrected chi connectivity index (χ3v) is 6.52. The van der Waals surface area contributed by atoms with Crippen molar-refractivity contribution in [2.75, 3.05) is 12.9 Å². The Balaban J connectivity index is 2.15. The second kappa shape index (κ2) is 13.4. The van der Waals surface area contributed by atoms with Crippen molar-refractivity contribution in [1.29, 1.82) is 0 Å². The molecule has 2 rings (SSSR count). The first-order valence-electron chi connectivity index (χ1n) is 10.9. The summed E-state index contributed by atoms with van der Waals surface area (Å²) in [5, 5.41) is 3.73. The van der Waals surface area contributed by atoms with Gasteiger partial charge in [-0.25, -0.2) is 0 Å². The highest BCUT2D eigenvalue weighted by atomic mass is 35.5. The first kappa shape index (κ1) is 26.1. The lowest BCUT2D eigenvalue weighted by Crippen LogP contribution is -2.51. The molecule has 0 aliphatic carbocycles. The summed E-state index contributed by atoms with van der Waals surface area (Å²) in [5.41, 5.74) is 2.03. The Morgan fingerprint density at radius 3 is 2.44 bits per heavy atom. The van der Waals surface area contributed by atoms with Gasteiger partial charge in [-0.3, -0.25) is 9.59 Å². The van der Waals surface area contributed by atoms with Gasteiger partial charge in [-0.2, -0.15) is 0 Å². The smallest absolute Gasteiger partial charge is 0.243 e. The number of hydrogen-bond donors (Lipinski definition) is 1. The number of methoxy groups -OCH3 is 1. The molecule has 0 fully saturated rings. The lowest BCUT2D eigenvalue weighted by Gasteiger charge is -2.31. The zero-order chi connectivity index (χ0) is 23.5. The Morgan fingerprint density at radius 2 is 1.81 bits per heavy atom. The highest BCUT2D eigenvalue weighted by Crippen LogP contribution is 2.20. The van der Waals surface area contributed by atoms with Crippen LogP contribution in [-0.2, 0) is 21.9 Å². The Morgan fingerprint density at radius 1 is 1.09 bits per heavy atom. The minimum atomic E-state index is -0.529. The Labute approximate surface area is 200 Å². The summed E-state index contributed by atoms with van der Waals surface area (Å²) in [4.78, 5) is 28.0. The molecule has 0 saturated heterocycles. The van der Waals surface area contributed by atoms with E-state index in [9.17, 15) is 9.59 Å². The quantitative estimate of drug-likeness (QED) is 0.451. The number of ether oxygens (including phenoxy) is 1. The lowest BCUT2D eigenvalue weighted by atomic mass is 10.1. The van der Waals surface area contributed by atoms with E-state index in [1.807, 2.05) is 69.3 Å². The van der Waals surface area contributed by atoms with Crippen LogP contribution in [0.4, 0.5) is 0 Å². The number of halogens is 1. The van der Waals surface area contributed by atoms with Crippen molar-refractivity contribution in [2.24, 2.45) is 0 Å². The molecule has 0 aliphatic heterocycles. The molecule has 0 radical (unpaired) electrons. The molecule has 7 heteroatoms. The van der Waals surface area contributed by atoms with Crippen molar-refractivity contribution in [3.63, 3.8) is 0 Å². The fourth-order valence-electron chi connectivity index (χ4n) is 3.25. The van der Waals surface area contributed by atoms with Crippen LogP contribution in [0.5, 0.6) is 5.75 Å². The van der Waals surface area contributed by atoms with E-state index in [2.05, 4.69) is 5.32 Å². The molecule has 2 aromatic rings. The van der Waals surface area contributed by atoms with Crippen LogP contribution >= 0.6 is 23.4 Å². The predicted molar refractivity (Wildman–Crippen MR) is 133 cm³/mol. The van der Waals surface area contributed by atoms with Gasteiger partial charge in [0, 0.05) is 23.4 Å². The van der Waals surface area contributed by atoms with Gasteiger partial charge in [-0.15, -0.1) is 11.8 Å². The molecule has 0 aliphatic rings. The zero-order valence-electron chi connectivity index (χ0n) is 19.3. The second-order valence-corrected chi connectivity index (χ2v) is 9.16. The highest BCUT2D eigenvalue weighted by Gasteiger charge is 2.29. The zero-order valence-corrected chi connectivity index (χ0v) is 20.8. The van der Waals surface area contributed by atoms with E-state index in [4.69, 9.17) is 16.3 Å². The summed E-state index contributed by atoms with van der Waals surface area (Å²) < 4.78 is 5.32. The molecule has 0 heterocycles. The van der Waals surface area contributed by atoms with Crippen LogP contribution < -0.4 is 10.1 Å². The van der Waals surface area contributed by atoms with Crippen molar-refractivity contribution < 1.29 is 14.3 Å². The molecule has 0 bridgehead atoms. The van der Waals surface area contributed by atoms with Crippen molar-refractivity contribution >= 4 is 35.2 Å². The topological polar surface area (TPSA) is 58.6 Å². The number of hydrogen-bond acceptors (Lipinski definition) is 4. The summed E-state index contributed by atoms with van der Waals surface area (Å²) in [5.74, 6) is 1.55. The maximum Gasteiger partial charge on any atom is 0.243 e. The van der Waals surface area contributed by atoms with Crippen LogP contribution in [0.3, 0.4) is 0 Å². The van der Waals surface area contributed by atoms with Gasteiger partial charge in [0.15, 0.2) is 0 Å². The first-order chi connectivity index (χ1) is 15.4. The van der Waals surface area contributed by atoms with Gasteiger partial charge in [0.2, 0.25) is 11.8 Å². The molecule has 0 spiro atoms.